The summed E-state index contributed by atoms with van der Waals surface area (Å²) in [5.41, 5.74) is 8.56. The second-order valence-electron chi connectivity index (χ2n) is 15.8. The number of anilines is 2. The largest absolute Gasteiger partial charge is 0.465 e. The van der Waals surface area contributed by atoms with Crippen LogP contribution in [0.5, 0.6) is 0 Å². The van der Waals surface area contributed by atoms with Gasteiger partial charge in [-0.1, -0.05) is 36.4 Å². The monoisotopic (exact) mass is 919 g/mol. The molecule has 2 N–H and O–H groups in total. The fourth-order valence-electron chi connectivity index (χ4n) is 8.17. The molecule has 0 saturated carbocycles. The Hall–Kier alpha value is -5.80. The summed E-state index contributed by atoms with van der Waals surface area (Å²) in [6.45, 7) is 11.2. The molecule has 0 bridgehead atoms. The smallest absolute Gasteiger partial charge is 0.337 e. The molecule has 2 aliphatic rings. The van der Waals surface area contributed by atoms with E-state index in [9.17, 15) is 36.0 Å². The van der Waals surface area contributed by atoms with E-state index in [1.807, 2.05) is 27.7 Å². The number of rotatable bonds is 13. The van der Waals surface area contributed by atoms with Crippen LogP contribution in [0.15, 0.2) is 97.6 Å². The molecule has 20 heteroatoms. The van der Waals surface area contributed by atoms with Gasteiger partial charge >= 0.3 is 26.4 Å². The van der Waals surface area contributed by atoms with E-state index in [1.54, 1.807) is 95.0 Å². The van der Waals surface area contributed by atoms with Crippen LogP contribution in [0.4, 0.5) is 11.4 Å². The Labute approximate surface area is 376 Å². The molecule has 4 heterocycles. The number of pyridine rings is 2. The van der Waals surface area contributed by atoms with E-state index in [-0.39, 0.29) is 87.6 Å². The lowest BCUT2D eigenvalue weighted by Gasteiger charge is -2.44. The Morgan fingerprint density at radius 1 is 0.625 bits per heavy atom. The standard InChI is InChI=1S/C22H29N5O4S.C22H28N4O5S/c1-16-13-25(14-17(2)27(16)18(3)28)32(30,31)26(21-5-4-10-24-12-21)15-19-6-8-20(9-7-19)22(29)11-23;1-16-13-24(14-17(2)26(16)18(3)27)32(29,30)25(21-6-5-11-23-12-21)15-19-7-9-20(10-8-19)22(28)31-4/h4-10,12,16-17H,11,13-15,23H2,1-3H3;5-12,16-17H,13-15H2,1-4H3/t2*16-,17+. The third-order valence-corrected chi connectivity index (χ3v) is 14.8. The van der Waals surface area contributed by atoms with E-state index in [0.717, 1.165) is 5.56 Å². The lowest BCUT2D eigenvalue weighted by atomic mass is 10.1. The van der Waals surface area contributed by atoms with Gasteiger partial charge in [-0.3, -0.25) is 33.0 Å². The number of carbonyl (C=O) groups is 4. The second-order valence-corrected chi connectivity index (χ2v) is 19.6. The first-order chi connectivity index (χ1) is 30.3. The van der Waals surface area contributed by atoms with Gasteiger partial charge in [0.2, 0.25) is 11.8 Å². The molecule has 2 aromatic heterocycles. The molecule has 2 amide bonds. The van der Waals surface area contributed by atoms with Gasteiger partial charge in [-0.2, -0.15) is 25.4 Å². The maximum Gasteiger partial charge on any atom is 0.337 e. The van der Waals surface area contributed by atoms with Gasteiger partial charge in [0, 0.05) is 82.2 Å². The molecule has 0 spiro atoms. The maximum absolute atomic E-state index is 13.7. The normalized spacial score (nSPS) is 19.5. The molecular weight excluding hydrogens is 863 g/mol. The number of hydrogen-bond donors (Lipinski definition) is 1. The maximum atomic E-state index is 13.7. The molecule has 2 aromatic carbocycles. The van der Waals surface area contributed by atoms with Gasteiger partial charge in [0.25, 0.3) is 0 Å². The van der Waals surface area contributed by atoms with E-state index < -0.39 is 26.4 Å². The van der Waals surface area contributed by atoms with Crippen molar-refractivity contribution in [2.75, 3.05) is 48.4 Å². The average molecular weight is 920 g/mol. The van der Waals surface area contributed by atoms with E-state index in [2.05, 4.69) is 9.97 Å². The summed E-state index contributed by atoms with van der Waals surface area (Å²) >= 11 is 0. The van der Waals surface area contributed by atoms with E-state index in [1.165, 1.54) is 50.6 Å². The van der Waals surface area contributed by atoms with Crippen molar-refractivity contribution in [2.45, 2.75) is 78.8 Å². The Kier molecular flexibility index (Phi) is 16.3. The summed E-state index contributed by atoms with van der Waals surface area (Å²) in [5, 5.41) is 0. The first kappa shape index (κ1) is 49.2. The second kappa shape index (κ2) is 21.3. The van der Waals surface area contributed by atoms with Gasteiger partial charge < -0.3 is 20.3 Å². The fraction of sp³-hybridized carbons (Fsp3) is 0.409. The summed E-state index contributed by atoms with van der Waals surface area (Å²) in [4.78, 5) is 59.0. The molecule has 2 aliphatic heterocycles. The van der Waals surface area contributed by atoms with E-state index >= 15 is 0 Å². The van der Waals surface area contributed by atoms with Crippen LogP contribution in [0.1, 0.15) is 73.4 Å². The van der Waals surface area contributed by atoms with Crippen LogP contribution in [0.3, 0.4) is 0 Å². The zero-order valence-electron chi connectivity index (χ0n) is 37.1. The van der Waals surface area contributed by atoms with Crippen LogP contribution in [-0.4, -0.2) is 133 Å². The van der Waals surface area contributed by atoms with Gasteiger partial charge in [-0.25, -0.2) is 4.79 Å². The Bertz CT molecular complexity index is 2270. The topological polar surface area (TPSA) is 217 Å². The van der Waals surface area contributed by atoms with Gasteiger partial charge in [0.15, 0.2) is 5.78 Å². The highest BCUT2D eigenvalue weighted by Crippen LogP contribution is 2.28. The molecule has 2 fully saturated rings. The van der Waals surface area contributed by atoms with Crippen molar-refractivity contribution in [2.24, 2.45) is 5.73 Å². The van der Waals surface area contributed by atoms with Crippen molar-refractivity contribution in [1.82, 2.24) is 28.4 Å². The van der Waals surface area contributed by atoms with Gasteiger partial charge in [-0.05, 0) is 75.2 Å². The number of methoxy groups -OCH3 is 1. The molecular formula is C44H57N9O9S2. The van der Waals surface area contributed by atoms with Crippen LogP contribution < -0.4 is 14.3 Å². The Morgan fingerprint density at radius 2 is 0.984 bits per heavy atom. The number of benzene rings is 2. The molecule has 18 nitrogen and oxygen atoms in total. The van der Waals surface area contributed by atoms with Crippen LogP contribution in [0.2, 0.25) is 0 Å². The lowest BCUT2D eigenvalue weighted by molar-refractivity contribution is -0.136. The SMILES string of the molecule is CC(=O)N1[C@H](C)CN(S(=O)(=O)N(Cc2ccc(C(=O)CN)cc2)c2cccnc2)C[C@@H]1C.COC(=O)c1ccc(CN(c2cccnc2)S(=O)(=O)N2C[C@@H](C)N(C(C)=O)[C@@H](C)C2)cc1. The van der Waals surface area contributed by atoms with Crippen molar-refractivity contribution in [3.63, 3.8) is 0 Å². The highest BCUT2D eigenvalue weighted by atomic mass is 32.2. The van der Waals surface area contributed by atoms with Crippen LogP contribution in [0.25, 0.3) is 0 Å². The van der Waals surface area contributed by atoms with Gasteiger partial charge in [-0.15, -0.1) is 0 Å². The molecule has 0 unspecified atom stereocenters. The highest BCUT2D eigenvalue weighted by Gasteiger charge is 2.41. The fourth-order valence-corrected chi connectivity index (χ4v) is 11.7. The predicted octanol–water partition coefficient (Wildman–Crippen LogP) is 3.48. The number of amides is 2. The number of aromatic nitrogens is 2. The molecule has 6 rings (SSSR count). The zero-order valence-corrected chi connectivity index (χ0v) is 38.8. The number of piperazine rings is 2. The van der Waals surface area contributed by atoms with Crippen molar-refractivity contribution in [1.29, 1.82) is 0 Å². The number of Topliss-reactive ketones (excluding diaryl/α,β-unsaturated/α-hetero) is 1. The summed E-state index contributed by atoms with van der Waals surface area (Å²) in [6, 6.07) is 19.1. The lowest BCUT2D eigenvalue weighted by Crippen LogP contribution is -2.61. The Morgan fingerprint density at radius 3 is 1.28 bits per heavy atom. The number of nitrogens with zero attached hydrogens (tertiary/aromatic N) is 8. The van der Waals surface area contributed by atoms with Crippen molar-refractivity contribution in [3.05, 3.63) is 120 Å². The number of hydrogen-bond acceptors (Lipinski definition) is 12. The average Bonchev–Trinajstić information content (AvgIpc) is 3.27. The van der Waals surface area contributed by atoms with E-state index in [0.29, 0.717) is 28.1 Å². The van der Waals surface area contributed by atoms with Crippen LogP contribution >= 0.6 is 0 Å². The molecule has 2 saturated heterocycles. The molecule has 344 valence electrons. The minimum atomic E-state index is -3.92. The van der Waals surface area contributed by atoms with Crippen LogP contribution in [0, 0.1) is 0 Å². The predicted molar refractivity (Wildman–Crippen MR) is 242 cm³/mol. The van der Waals surface area contributed by atoms with Crippen molar-refractivity contribution < 1.29 is 40.8 Å². The first-order valence-corrected chi connectivity index (χ1v) is 23.5. The number of nitrogens with two attached hydrogens (primary N) is 1. The summed E-state index contributed by atoms with van der Waals surface area (Å²) in [6.07, 6.45) is 6.16. The highest BCUT2D eigenvalue weighted by molar-refractivity contribution is 7.90. The summed E-state index contributed by atoms with van der Waals surface area (Å²) in [7, 11) is -6.54. The molecule has 4 aromatic rings. The van der Waals surface area contributed by atoms with Gasteiger partial charge in [0.1, 0.15) is 0 Å². The zero-order chi connectivity index (χ0) is 46.9. The number of esters is 1. The first-order valence-electron chi connectivity index (χ1n) is 20.7. The summed E-state index contributed by atoms with van der Waals surface area (Å²) in [5.74, 6) is -0.783. The third-order valence-electron chi connectivity index (χ3n) is 11.1. The number of ether oxygens (including phenoxy) is 1. The third kappa shape index (κ3) is 11.5. The van der Waals surface area contributed by atoms with Crippen molar-refractivity contribution >= 4 is 55.4 Å². The molecule has 64 heavy (non-hydrogen) atoms. The van der Waals surface area contributed by atoms with Crippen molar-refractivity contribution in [3.8, 4) is 0 Å². The minimum Gasteiger partial charge on any atom is -0.465 e. The molecule has 0 radical (unpaired) electrons. The molecule has 4 atom stereocenters. The summed E-state index contributed by atoms with van der Waals surface area (Å²) < 4.78 is 65.1. The number of carbonyl (C=O) groups excluding carboxylic acids is 4. The molecule has 0 aliphatic carbocycles. The minimum absolute atomic E-state index is 0.0607. The quantitative estimate of drug-likeness (QED) is 0.151. The number of ketones is 1. The Balaban J connectivity index is 0.000000241. The van der Waals surface area contributed by atoms with Gasteiger partial charge in [0.05, 0.1) is 56.1 Å². The van der Waals surface area contributed by atoms with E-state index in [4.69, 9.17) is 10.5 Å². The van der Waals surface area contributed by atoms with Crippen LogP contribution in [-0.2, 0) is 47.8 Å².